The summed E-state index contributed by atoms with van der Waals surface area (Å²) in [7, 11) is 3.20. The molecular weight excluding hydrogens is 576 g/mol. The lowest BCUT2D eigenvalue weighted by Crippen LogP contribution is -2.47. The van der Waals surface area contributed by atoms with Crippen LogP contribution >= 0.6 is 11.3 Å². The number of aliphatic hydroxyl groups excluding tert-OH is 1. The van der Waals surface area contributed by atoms with E-state index in [0.29, 0.717) is 28.9 Å². The van der Waals surface area contributed by atoms with Crippen molar-refractivity contribution in [2.45, 2.75) is 19.4 Å². The van der Waals surface area contributed by atoms with E-state index in [1.54, 1.807) is 26.5 Å². The van der Waals surface area contributed by atoms with Crippen molar-refractivity contribution in [2.24, 2.45) is 0 Å². The van der Waals surface area contributed by atoms with Crippen LogP contribution in [-0.2, 0) is 13.0 Å². The van der Waals surface area contributed by atoms with E-state index in [1.807, 2.05) is 30.3 Å². The van der Waals surface area contributed by atoms with E-state index in [9.17, 15) is 4.79 Å². The smallest absolute Gasteiger partial charge is 0.261 e. The minimum absolute atomic E-state index is 0.156. The molecule has 1 saturated heterocycles. The molecule has 11 heteroatoms. The molecule has 1 aliphatic rings. The predicted molar refractivity (Wildman–Crippen MR) is 174 cm³/mol. The highest BCUT2D eigenvalue weighted by molar-refractivity contribution is 7.17. The van der Waals surface area contributed by atoms with Crippen molar-refractivity contribution in [3.63, 3.8) is 0 Å². The second-order valence-corrected chi connectivity index (χ2v) is 11.7. The van der Waals surface area contributed by atoms with Crippen LogP contribution in [0, 0.1) is 0 Å². The van der Waals surface area contributed by atoms with Crippen molar-refractivity contribution in [1.29, 1.82) is 0 Å². The third kappa shape index (κ3) is 8.76. The van der Waals surface area contributed by atoms with Crippen LogP contribution in [0.25, 0.3) is 10.6 Å². The number of aliphatic hydroxyl groups is 1. The summed E-state index contributed by atoms with van der Waals surface area (Å²) in [6.45, 7) is 6.68. The second-order valence-electron chi connectivity index (χ2n) is 10.7. The second kappa shape index (κ2) is 15.6. The first-order valence-corrected chi connectivity index (χ1v) is 15.7. The number of aromatic nitrogens is 2. The van der Waals surface area contributed by atoms with Gasteiger partial charge in [0.05, 0.1) is 36.3 Å². The molecule has 3 heterocycles. The third-order valence-corrected chi connectivity index (χ3v) is 8.74. The first kappa shape index (κ1) is 31.4. The summed E-state index contributed by atoms with van der Waals surface area (Å²) in [6, 6.07) is 19.5. The van der Waals surface area contributed by atoms with Crippen LogP contribution < -0.4 is 20.1 Å². The fourth-order valence-corrected chi connectivity index (χ4v) is 6.05. The summed E-state index contributed by atoms with van der Waals surface area (Å²) < 4.78 is 10.6. The van der Waals surface area contributed by atoms with Crippen LogP contribution in [0.15, 0.2) is 66.9 Å². The Bertz CT molecular complexity index is 1480. The Hall–Kier alpha value is -4.03. The number of β-amino-alcohol motifs (C(OH)–C–C–N with tert-alkyl or cyclic N) is 1. The van der Waals surface area contributed by atoms with Crippen molar-refractivity contribution in [3.8, 4) is 22.1 Å². The summed E-state index contributed by atoms with van der Waals surface area (Å²) in [4.78, 5) is 28.3. The van der Waals surface area contributed by atoms with Crippen LogP contribution in [0.3, 0.4) is 0 Å². The molecule has 1 amide bonds. The molecule has 44 heavy (non-hydrogen) atoms. The molecule has 1 aliphatic heterocycles. The number of carbonyl (C=O) groups excluding carboxylic acids is 1. The Morgan fingerprint density at radius 1 is 0.909 bits per heavy atom. The number of nitrogens with zero attached hydrogens (tertiary/aromatic N) is 4. The van der Waals surface area contributed by atoms with Gasteiger partial charge in [0.15, 0.2) is 0 Å². The standard InChI is InChI=1S/C33H40N6O4S/c1-42-27-20-25(21-28(22-27)43-2)23-35-32(41)31-10-9-30(44-31)29-11-12-34-33(37-29)36-26-7-5-24(6-8-26)4-3-13-38-14-16-39(17-15-38)18-19-40/h5-12,20-22,40H,3-4,13-19,23H2,1-2H3,(H,35,41)(H,34,36,37). The molecule has 2 aromatic heterocycles. The van der Waals surface area contributed by atoms with Gasteiger partial charge in [0.2, 0.25) is 5.95 Å². The SMILES string of the molecule is COc1cc(CNC(=O)c2ccc(-c3ccnc(Nc4ccc(CCCN5CCN(CCO)CC5)cc4)n3)s2)cc(OC)c1. The Morgan fingerprint density at radius 3 is 2.30 bits per heavy atom. The molecule has 2 aromatic carbocycles. The van der Waals surface area contributed by atoms with Crippen molar-refractivity contribution in [2.75, 3.05) is 65.4 Å². The summed E-state index contributed by atoms with van der Waals surface area (Å²) in [6.07, 6.45) is 3.87. The van der Waals surface area contributed by atoms with Crippen molar-refractivity contribution >= 4 is 28.9 Å². The molecule has 0 unspecified atom stereocenters. The molecule has 0 spiro atoms. The monoisotopic (exact) mass is 616 g/mol. The Morgan fingerprint density at radius 2 is 1.61 bits per heavy atom. The van der Waals surface area contributed by atoms with Gasteiger partial charge in [-0.3, -0.25) is 9.69 Å². The highest BCUT2D eigenvalue weighted by Gasteiger charge is 2.16. The lowest BCUT2D eigenvalue weighted by atomic mass is 10.1. The number of thiophene rings is 1. The van der Waals surface area contributed by atoms with Gasteiger partial charge < -0.3 is 30.1 Å². The van der Waals surface area contributed by atoms with E-state index in [4.69, 9.17) is 14.6 Å². The van der Waals surface area contributed by atoms with Gasteiger partial charge in [-0.2, -0.15) is 0 Å². The Kier molecular flexibility index (Phi) is 11.1. The highest BCUT2D eigenvalue weighted by Crippen LogP contribution is 2.28. The molecule has 0 atom stereocenters. The molecule has 1 fully saturated rings. The average Bonchev–Trinajstić information content (AvgIpc) is 3.56. The number of ether oxygens (including phenoxy) is 2. The van der Waals surface area contributed by atoms with Crippen molar-refractivity contribution in [3.05, 3.63) is 82.9 Å². The van der Waals surface area contributed by atoms with E-state index >= 15 is 0 Å². The molecule has 0 aliphatic carbocycles. The maximum absolute atomic E-state index is 12.9. The molecule has 232 valence electrons. The number of benzene rings is 2. The summed E-state index contributed by atoms with van der Waals surface area (Å²) in [5.74, 6) is 1.69. The van der Waals surface area contributed by atoms with Crippen LogP contribution in [0.1, 0.15) is 27.2 Å². The number of aryl methyl sites for hydroxylation is 1. The van der Waals surface area contributed by atoms with Gasteiger partial charge in [-0.05, 0) is 73.0 Å². The summed E-state index contributed by atoms with van der Waals surface area (Å²) in [5, 5.41) is 15.4. The topological polar surface area (TPSA) is 112 Å². The Labute approximate surface area is 262 Å². The van der Waals surface area contributed by atoms with Crippen LogP contribution in [0.5, 0.6) is 11.5 Å². The summed E-state index contributed by atoms with van der Waals surface area (Å²) >= 11 is 1.39. The minimum Gasteiger partial charge on any atom is -0.497 e. The fourth-order valence-electron chi connectivity index (χ4n) is 5.16. The first-order chi connectivity index (χ1) is 21.5. The zero-order valence-corrected chi connectivity index (χ0v) is 26.1. The van der Waals surface area contributed by atoms with Crippen molar-refractivity contribution < 1.29 is 19.4 Å². The van der Waals surface area contributed by atoms with Crippen LogP contribution in [-0.4, -0.2) is 90.9 Å². The predicted octanol–water partition coefficient (Wildman–Crippen LogP) is 4.44. The van der Waals surface area contributed by atoms with E-state index in [1.165, 1.54) is 16.9 Å². The molecular formula is C33H40N6O4S. The zero-order chi connectivity index (χ0) is 30.7. The van der Waals surface area contributed by atoms with Gasteiger partial charge in [-0.1, -0.05) is 12.1 Å². The van der Waals surface area contributed by atoms with Gasteiger partial charge in [-0.25, -0.2) is 9.97 Å². The molecule has 3 N–H and O–H groups in total. The molecule has 5 rings (SSSR count). The number of piperazine rings is 1. The average molecular weight is 617 g/mol. The number of methoxy groups -OCH3 is 2. The number of amides is 1. The first-order valence-electron chi connectivity index (χ1n) is 14.9. The van der Waals surface area contributed by atoms with E-state index < -0.39 is 0 Å². The number of hydrogen-bond acceptors (Lipinski definition) is 10. The molecule has 10 nitrogen and oxygen atoms in total. The Balaban J connectivity index is 1.11. The van der Waals surface area contributed by atoms with Gasteiger partial charge in [0, 0.05) is 57.2 Å². The van der Waals surface area contributed by atoms with Crippen LogP contribution in [0.2, 0.25) is 0 Å². The van der Waals surface area contributed by atoms with E-state index in [2.05, 4.69) is 54.7 Å². The number of carbonyl (C=O) groups is 1. The zero-order valence-electron chi connectivity index (χ0n) is 25.3. The maximum atomic E-state index is 12.9. The van der Waals surface area contributed by atoms with Crippen LogP contribution in [0.4, 0.5) is 11.6 Å². The van der Waals surface area contributed by atoms with E-state index in [-0.39, 0.29) is 12.5 Å². The largest absolute Gasteiger partial charge is 0.497 e. The lowest BCUT2D eigenvalue weighted by Gasteiger charge is -2.34. The van der Waals surface area contributed by atoms with Gasteiger partial charge in [0.1, 0.15) is 11.5 Å². The normalized spacial score (nSPS) is 13.9. The number of hydrogen-bond donors (Lipinski definition) is 3. The number of nitrogens with one attached hydrogen (secondary N) is 2. The highest BCUT2D eigenvalue weighted by atomic mass is 32.1. The molecule has 4 aromatic rings. The van der Waals surface area contributed by atoms with E-state index in [0.717, 1.165) is 73.9 Å². The lowest BCUT2D eigenvalue weighted by molar-refractivity contribution is 0.0955. The van der Waals surface area contributed by atoms with Gasteiger partial charge >= 0.3 is 0 Å². The summed E-state index contributed by atoms with van der Waals surface area (Å²) in [5.41, 5.74) is 3.86. The molecule has 0 saturated carbocycles. The molecule has 0 radical (unpaired) electrons. The van der Waals surface area contributed by atoms with Crippen molar-refractivity contribution in [1.82, 2.24) is 25.1 Å². The third-order valence-electron chi connectivity index (χ3n) is 7.63. The molecule has 0 bridgehead atoms. The number of rotatable bonds is 14. The van der Waals surface area contributed by atoms with Gasteiger partial charge in [-0.15, -0.1) is 11.3 Å². The maximum Gasteiger partial charge on any atom is 0.261 e. The minimum atomic E-state index is -0.156. The quantitative estimate of drug-likeness (QED) is 0.189. The fraction of sp³-hybridized carbons (Fsp3) is 0.364. The van der Waals surface area contributed by atoms with Gasteiger partial charge in [0.25, 0.3) is 5.91 Å². The number of anilines is 2.